The molecule has 2 aromatic heterocycles. The Bertz CT molecular complexity index is 583. The minimum Gasteiger partial charge on any atom is -0.475 e. The second-order valence-electron chi connectivity index (χ2n) is 3.79. The highest BCUT2D eigenvalue weighted by Crippen LogP contribution is 2.40. The molecule has 0 saturated carbocycles. The Morgan fingerprint density at radius 2 is 2.47 bits per heavy atom. The third kappa shape index (κ3) is 1.33. The molecule has 1 aliphatic heterocycles. The van der Waals surface area contributed by atoms with Crippen molar-refractivity contribution in [3.8, 4) is 11.3 Å². The highest BCUT2D eigenvalue weighted by Gasteiger charge is 2.28. The Hall–Kier alpha value is -2.24. The molecule has 17 heavy (non-hydrogen) atoms. The highest BCUT2D eigenvalue weighted by atomic mass is 16.5. The highest BCUT2D eigenvalue weighted by molar-refractivity contribution is 5.90. The number of hydrogen-bond donors (Lipinski definition) is 2. The lowest BCUT2D eigenvalue weighted by molar-refractivity contribution is 0.0663. The fourth-order valence-electron chi connectivity index (χ4n) is 1.97. The summed E-state index contributed by atoms with van der Waals surface area (Å²) in [5.41, 5.74) is 2.25. The number of anilines is 1. The van der Waals surface area contributed by atoms with Crippen LogP contribution < -0.4 is 5.32 Å². The molecule has 3 rings (SSSR count). The van der Waals surface area contributed by atoms with E-state index in [2.05, 4.69) is 10.5 Å². The fraction of sp³-hybridized carbons (Fsp3) is 0.273. The number of furan rings is 1. The Balaban J connectivity index is 2.20. The van der Waals surface area contributed by atoms with Crippen LogP contribution in [0.2, 0.25) is 0 Å². The first-order chi connectivity index (χ1) is 8.20. The second-order valence-corrected chi connectivity index (χ2v) is 3.79. The summed E-state index contributed by atoms with van der Waals surface area (Å²) in [5, 5.41) is 15.9. The van der Waals surface area contributed by atoms with Gasteiger partial charge in [-0.1, -0.05) is 12.1 Å². The van der Waals surface area contributed by atoms with Crippen LogP contribution in [0, 0.1) is 0 Å². The summed E-state index contributed by atoms with van der Waals surface area (Å²) in [6.45, 7) is 2.45. The van der Waals surface area contributed by atoms with Gasteiger partial charge in [-0.05, 0) is 6.42 Å². The van der Waals surface area contributed by atoms with Crippen molar-refractivity contribution in [1.29, 1.82) is 0 Å². The van der Waals surface area contributed by atoms with Crippen LogP contribution in [0.1, 0.15) is 28.9 Å². The summed E-state index contributed by atoms with van der Waals surface area (Å²) in [5.74, 6) is 0.0123. The van der Waals surface area contributed by atoms with Crippen LogP contribution in [0.25, 0.3) is 11.3 Å². The number of carboxylic acid groups (broad SMARTS) is 1. The first kappa shape index (κ1) is 9.95. The van der Waals surface area contributed by atoms with E-state index in [9.17, 15) is 4.79 Å². The van der Waals surface area contributed by atoms with Gasteiger partial charge in [0.1, 0.15) is 0 Å². The summed E-state index contributed by atoms with van der Waals surface area (Å²) in [6, 6.07) is 1.48. The maximum atomic E-state index is 10.9. The Labute approximate surface area is 96.2 Å². The van der Waals surface area contributed by atoms with E-state index in [1.54, 1.807) is 0 Å². The molecule has 6 nitrogen and oxygen atoms in total. The number of hydrogen-bond acceptors (Lipinski definition) is 5. The molecule has 1 aliphatic rings. The van der Waals surface area contributed by atoms with Gasteiger partial charge in [-0.15, -0.1) is 0 Å². The number of nitrogens with zero attached hydrogens (tertiary/aromatic N) is 1. The zero-order valence-electron chi connectivity index (χ0n) is 9.11. The van der Waals surface area contributed by atoms with Crippen molar-refractivity contribution in [3.05, 3.63) is 23.3 Å². The van der Waals surface area contributed by atoms with Crippen LogP contribution in [0.3, 0.4) is 0 Å². The largest absolute Gasteiger partial charge is 0.475 e. The van der Waals surface area contributed by atoms with Gasteiger partial charge in [0.05, 0.1) is 23.5 Å². The third-order valence-electron chi connectivity index (χ3n) is 2.78. The molecular weight excluding hydrogens is 224 g/mol. The van der Waals surface area contributed by atoms with E-state index < -0.39 is 5.97 Å². The standard InChI is InChI=1S/C11H10N2O4/c1-2-5-9-8(17-13-5)4-12-6-3-7(11(14)15)16-10(6)9/h3,12H,2,4H2,1H3,(H,14,15). The number of aryl methyl sites for hydroxylation is 1. The lowest BCUT2D eigenvalue weighted by Crippen LogP contribution is -2.05. The smallest absolute Gasteiger partial charge is 0.371 e. The van der Waals surface area contributed by atoms with Gasteiger partial charge < -0.3 is 19.4 Å². The zero-order chi connectivity index (χ0) is 12.0. The topological polar surface area (TPSA) is 88.5 Å². The molecule has 0 spiro atoms. The third-order valence-corrected chi connectivity index (χ3v) is 2.78. The molecule has 3 heterocycles. The molecule has 0 bridgehead atoms. The van der Waals surface area contributed by atoms with Gasteiger partial charge in [0.2, 0.25) is 5.76 Å². The molecule has 0 unspecified atom stereocenters. The van der Waals surface area contributed by atoms with Crippen molar-refractivity contribution in [3.63, 3.8) is 0 Å². The molecule has 0 radical (unpaired) electrons. The molecule has 0 fully saturated rings. The molecule has 2 aromatic rings. The molecule has 0 atom stereocenters. The van der Waals surface area contributed by atoms with E-state index in [1.807, 2.05) is 6.92 Å². The van der Waals surface area contributed by atoms with Crippen LogP contribution in [0.5, 0.6) is 0 Å². The predicted octanol–water partition coefficient (Wildman–Crippen LogP) is 2.12. The van der Waals surface area contributed by atoms with E-state index in [-0.39, 0.29) is 5.76 Å². The lowest BCUT2D eigenvalue weighted by atomic mass is 10.0. The van der Waals surface area contributed by atoms with E-state index in [0.29, 0.717) is 30.2 Å². The van der Waals surface area contributed by atoms with Crippen molar-refractivity contribution in [2.75, 3.05) is 5.32 Å². The van der Waals surface area contributed by atoms with E-state index in [0.717, 1.165) is 11.3 Å². The van der Waals surface area contributed by atoms with Crippen molar-refractivity contribution in [2.24, 2.45) is 0 Å². The molecular formula is C11H10N2O4. The van der Waals surface area contributed by atoms with Gasteiger partial charge >= 0.3 is 5.97 Å². The van der Waals surface area contributed by atoms with Gasteiger partial charge in [-0.25, -0.2) is 4.79 Å². The first-order valence-corrected chi connectivity index (χ1v) is 5.29. The van der Waals surface area contributed by atoms with Crippen LogP contribution in [0.15, 0.2) is 15.0 Å². The minimum atomic E-state index is -1.09. The summed E-state index contributed by atoms with van der Waals surface area (Å²) in [6.07, 6.45) is 0.710. The van der Waals surface area contributed by atoms with Crippen molar-refractivity contribution in [1.82, 2.24) is 5.16 Å². The summed E-state index contributed by atoms with van der Waals surface area (Å²) in [4.78, 5) is 10.9. The quantitative estimate of drug-likeness (QED) is 0.827. The molecule has 6 heteroatoms. The Kier molecular flexibility index (Phi) is 1.98. The number of rotatable bonds is 2. The fourth-order valence-corrected chi connectivity index (χ4v) is 1.97. The van der Waals surface area contributed by atoms with E-state index >= 15 is 0 Å². The second kappa shape index (κ2) is 3.38. The first-order valence-electron chi connectivity index (χ1n) is 5.29. The van der Waals surface area contributed by atoms with Gasteiger partial charge in [0.25, 0.3) is 0 Å². The molecule has 0 saturated heterocycles. The van der Waals surface area contributed by atoms with Gasteiger partial charge in [0.15, 0.2) is 11.5 Å². The maximum Gasteiger partial charge on any atom is 0.371 e. The monoisotopic (exact) mass is 234 g/mol. The molecule has 2 N–H and O–H groups in total. The van der Waals surface area contributed by atoms with Gasteiger partial charge in [0, 0.05) is 6.07 Å². The average molecular weight is 234 g/mol. The minimum absolute atomic E-state index is 0.0846. The maximum absolute atomic E-state index is 10.9. The van der Waals surface area contributed by atoms with Crippen molar-refractivity contribution < 1.29 is 18.8 Å². The van der Waals surface area contributed by atoms with Crippen molar-refractivity contribution in [2.45, 2.75) is 19.9 Å². The Morgan fingerprint density at radius 3 is 3.18 bits per heavy atom. The summed E-state index contributed by atoms with van der Waals surface area (Å²) >= 11 is 0. The van der Waals surface area contributed by atoms with Crippen LogP contribution in [0.4, 0.5) is 5.69 Å². The van der Waals surface area contributed by atoms with E-state index in [4.69, 9.17) is 14.0 Å². The van der Waals surface area contributed by atoms with Crippen molar-refractivity contribution >= 4 is 11.7 Å². The number of nitrogens with one attached hydrogen (secondary N) is 1. The normalized spacial score (nSPS) is 12.8. The van der Waals surface area contributed by atoms with Crippen LogP contribution in [-0.2, 0) is 13.0 Å². The number of aromatic nitrogens is 1. The zero-order valence-corrected chi connectivity index (χ0v) is 9.11. The summed E-state index contributed by atoms with van der Waals surface area (Å²) in [7, 11) is 0. The number of carboxylic acids is 1. The average Bonchev–Trinajstić information content (AvgIpc) is 2.91. The van der Waals surface area contributed by atoms with E-state index in [1.165, 1.54) is 6.07 Å². The molecule has 0 aromatic carbocycles. The lowest BCUT2D eigenvalue weighted by Gasteiger charge is -2.11. The SMILES string of the molecule is CCc1noc2c1-c1oc(C(=O)O)cc1NC2. The Morgan fingerprint density at radius 1 is 1.65 bits per heavy atom. The predicted molar refractivity (Wildman–Crippen MR) is 57.9 cm³/mol. The van der Waals surface area contributed by atoms with Crippen LogP contribution >= 0.6 is 0 Å². The van der Waals surface area contributed by atoms with Gasteiger partial charge in [-0.2, -0.15) is 0 Å². The number of fused-ring (bicyclic) bond motifs is 3. The molecule has 0 amide bonds. The summed E-state index contributed by atoms with van der Waals surface area (Å²) < 4.78 is 10.5. The van der Waals surface area contributed by atoms with Crippen LogP contribution in [-0.4, -0.2) is 16.2 Å². The molecule has 88 valence electrons. The molecule has 0 aliphatic carbocycles. The number of aromatic carboxylic acids is 1. The van der Waals surface area contributed by atoms with Gasteiger partial charge in [-0.3, -0.25) is 0 Å². The number of carbonyl (C=O) groups is 1.